The summed E-state index contributed by atoms with van der Waals surface area (Å²) in [5, 5.41) is 10.9. The summed E-state index contributed by atoms with van der Waals surface area (Å²) in [5.74, 6) is -2.88. The van der Waals surface area contributed by atoms with Gasteiger partial charge in [-0.05, 0) is 5.56 Å². The maximum Gasteiger partial charge on any atom is 0.450 e. The maximum atomic E-state index is 12.1. The lowest BCUT2D eigenvalue weighted by Crippen LogP contribution is -2.28. The van der Waals surface area contributed by atoms with Crippen LogP contribution in [0.2, 0.25) is 0 Å². The van der Waals surface area contributed by atoms with Crippen LogP contribution in [-0.4, -0.2) is 34.1 Å². The van der Waals surface area contributed by atoms with Gasteiger partial charge in [-0.3, -0.25) is 4.79 Å². The summed E-state index contributed by atoms with van der Waals surface area (Å²) in [6.07, 6.45) is -6.50. The molecular formula is C12H11F3N2O3S. The molecule has 0 aliphatic heterocycles. The van der Waals surface area contributed by atoms with E-state index < -0.39 is 23.8 Å². The molecule has 0 aliphatic carbocycles. The Labute approximate surface area is 122 Å². The van der Waals surface area contributed by atoms with Gasteiger partial charge in [0.25, 0.3) is 0 Å². The Bertz CT molecular complexity index is 532. The average molecular weight is 320 g/mol. The van der Waals surface area contributed by atoms with Crippen molar-refractivity contribution < 1.29 is 27.9 Å². The Kier molecular flexibility index (Phi) is 6.22. The van der Waals surface area contributed by atoms with Crippen molar-refractivity contribution in [1.29, 1.82) is 0 Å². The Hall–Kier alpha value is -2.03. The van der Waals surface area contributed by atoms with Crippen molar-refractivity contribution in [2.75, 3.05) is 5.75 Å². The van der Waals surface area contributed by atoms with Gasteiger partial charge in [-0.25, -0.2) is 4.79 Å². The van der Waals surface area contributed by atoms with Crippen LogP contribution < -0.4 is 5.32 Å². The first kappa shape index (κ1) is 17.0. The normalized spacial score (nSPS) is 12.0. The Balaban J connectivity index is 2.61. The number of ketones is 1. The lowest BCUT2D eigenvalue weighted by molar-refractivity contribution is -0.167. The lowest BCUT2D eigenvalue weighted by atomic mass is 10.2. The number of benzene rings is 1. The van der Waals surface area contributed by atoms with Crippen LogP contribution in [0.1, 0.15) is 5.56 Å². The van der Waals surface area contributed by atoms with Crippen molar-refractivity contribution in [3.63, 3.8) is 0 Å². The van der Waals surface area contributed by atoms with Gasteiger partial charge in [-0.2, -0.15) is 18.2 Å². The van der Waals surface area contributed by atoms with E-state index in [0.29, 0.717) is 11.8 Å². The summed E-state index contributed by atoms with van der Waals surface area (Å²) in [5.41, 5.74) is 0.790. The van der Waals surface area contributed by atoms with Gasteiger partial charge in [0, 0.05) is 6.54 Å². The van der Waals surface area contributed by atoms with Crippen molar-refractivity contribution in [3.05, 3.63) is 35.9 Å². The molecule has 0 fully saturated rings. The topological polar surface area (TPSA) is 78.8 Å². The lowest BCUT2D eigenvalue weighted by Gasteiger charge is -2.09. The third kappa shape index (κ3) is 6.80. The van der Waals surface area contributed by atoms with E-state index in [9.17, 15) is 22.8 Å². The van der Waals surface area contributed by atoms with Gasteiger partial charge >= 0.3 is 12.3 Å². The number of nitrogens with one attached hydrogen (secondary N) is 1. The first-order valence-corrected chi connectivity index (χ1v) is 6.60. The van der Waals surface area contributed by atoms with Crippen LogP contribution in [0, 0.1) is 0 Å². The molecular weight excluding hydrogens is 309 g/mol. The number of halogens is 3. The number of thioether (sulfide) groups is 1. The number of amides is 1. The van der Waals surface area contributed by atoms with Crippen LogP contribution in [0.15, 0.2) is 35.3 Å². The van der Waals surface area contributed by atoms with E-state index >= 15 is 0 Å². The second-order valence-corrected chi connectivity index (χ2v) is 4.71. The fraction of sp³-hybridized carbons (Fsp3) is 0.250. The first-order chi connectivity index (χ1) is 9.79. The summed E-state index contributed by atoms with van der Waals surface area (Å²) < 4.78 is 36.2. The van der Waals surface area contributed by atoms with E-state index in [1.54, 1.807) is 30.3 Å². The Morgan fingerprint density at radius 1 is 1.24 bits per heavy atom. The molecule has 0 saturated heterocycles. The number of aliphatic imine (C=N–C) groups is 1. The van der Waals surface area contributed by atoms with Crippen molar-refractivity contribution in [1.82, 2.24) is 5.32 Å². The largest absolute Gasteiger partial charge is 0.463 e. The molecule has 114 valence electrons. The zero-order valence-electron chi connectivity index (χ0n) is 10.6. The number of alkyl halides is 3. The smallest absolute Gasteiger partial charge is 0.450 e. The number of nitrogens with zero attached hydrogens (tertiary/aromatic N) is 1. The highest BCUT2D eigenvalue weighted by molar-refractivity contribution is 8.14. The number of hydrogen-bond donors (Lipinski definition) is 2. The molecule has 5 nitrogen and oxygen atoms in total. The van der Waals surface area contributed by atoms with Crippen LogP contribution in [-0.2, 0) is 11.3 Å². The molecule has 1 aromatic carbocycles. The molecule has 21 heavy (non-hydrogen) atoms. The Morgan fingerprint density at radius 3 is 2.38 bits per heavy atom. The predicted octanol–water partition coefficient (Wildman–Crippen LogP) is 2.67. The number of amidine groups is 1. The molecule has 0 bridgehead atoms. The van der Waals surface area contributed by atoms with Gasteiger partial charge in [0.05, 0.1) is 5.75 Å². The number of carbonyl (C=O) groups is 2. The van der Waals surface area contributed by atoms with Gasteiger partial charge in [-0.15, -0.1) is 0 Å². The van der Waals surface area contributed by atoms with Crippen LogP contribution in [0.25, 0.3) is 0 Å². The molecule has 0 heterocycles. The van der Waals surface area contributed by atoms with Crippen molar-refractivity contribution >= 4 is 28.8 Å². The van der Waals surface area contributed by atoms with Crippen LogP contribution in [0.4, 0.5) is 18.0 Å². The number of carboxylic acid groups (broad SMARTS) is 1. The van der Waals surface area contributed by atoms with Crippen molar-refractivity contribution in [2.45, 2.75) is 12.7 Å². The zero-order chi connectivity index (χ0) is 15.9. The molecule has 9 heteroatoms. The molecule has 0 radical (unpaired) electrons. The van der Waals surface area contributed by atoms with Crippen molar-refractivity contribution in [3.8, 4) is 0 Å². The zero-order valence-corrected chi connectivity index (χ0v) is 11.4. The Morgan fingerprint density at radius 2 is 1.86 bits per heavy atom. The number of hydrogen-bond acceptors (Lipinski definition) is 3. The maximum absolute atomic E-state index is 12.1. The molecule has 0 aliphatic rings. The van der Waals surface area contributed by atoms with Gasteiger partial charge < -0.3 is 10.4 Å². The van der Waals surface area contributed by atoms with E-state index in [4.69, 9.17) is 5.11 Å². The van der Waals surface area contributed by atoms with Crippen LogP contribution in [0.5, 0.6) is 0 Å². The first-order valence-electron chi connectivity index (χ1n) is 5.61. The second kappa shape index (κ2) is 7.67. The van der Waals surface area contributed by atoms with Gasteiger partial charge in [-0.1, -0.05) is 42.1 Å². The predicted molar refractivity (Wildman–Crippen MR) is 72.3 cm³/mol. The molecule has 0 aromatic heterocycles. The van der Waals surface area contributed by atoms with E-state index in [-0.39, 0.29) is 11.7 Å². The molecule has 0 saturated carbocycles. The van der Waals surface area contributed by atoms with Crippen molar-refractivity contribution in [2.24, 2.45) is 4.99 Å². The summed E-state index contributed by atoms with van der Waals surface area (Å²) in [4.78, 5) is 24.4. The molecule has 1 rings (SSSR count). The molecule has 0 atom stereocenters. The highest BCUT2D eigenvalue weighted by atomic mass is 32.2. The fourth-order valence-corrected chi connectivity index (χ4v) is 1.95. The third-order valence-corrected chi connectivity index (χ3v) is 3.06. The summed E-state index contributed by atoms with van der Waals surface area (Å²) in [7, 11) is 0. The number of Topliss-reactive ketones (excluding diaryl/α,β-unsaturated/α-hetero) is 1. The van der Waals surface area contributed by atoms with Crippen LogP contribution >= 0.6 is 11.8 Å². The highest BCUT2D eigenvalue weighted by Crippen LogP contribution is 2.19. The molecule has 1 amide bonds. The number of rotatable bonds is 4. The summed E-state index contributed by atoms with van der Waals surface area (Å²) in [6, 6.07) is 8.79. The van der Waals surface area contributed by atoms with Gasteiger partial charge in [0.2, 0.25) is 5.78 Å². The molecule has 0 spiro atoms. The minimum Gasteiger partial charge on any atom is -0.463 e. The standard InChI is InChI=1S/C12H11F3N2O3S/c13-12(14,15)9(18)7-21-10(17-11(19)20)16-6-8-4-2-1-3-5-8/h1-5H,6-7H2,(H,16,17)(H,19,20). The molecule has 0 unspecified atom stereocenters. The second-order valence-electron chi connectivity index (χ2n) is 3.75. The van der Waals surface area contributed by atoms with E-state index in [1.165, 1.54) is 0 Å². The number of carbonyl (C=O) groups excluding carboxylic acids is 1. The van der Waals surface area contributed by atoms with E-state index in [1.807, 2.05) is 0 Å². The fourth-order valence-electron chi connectivity index (χ4n) is 1.20. The minimum absolute atomic E-state index is 0.181. The van der Waals surface area contributed by atoms with Gasteiger partial charge in [0.15, 0.2) is 5.17 Å². The minimum atomic E-state index is -4.94. The average Bonchev–Trinajstić information content (AvgIpc) is 2.41. The van der Waals surface area contributed by atoms with E-state index in [2.05, 4.69) is 10.3 Å². The molecule has 1 aromatic rings. The van der Waals surface area contributed by atoms with Crippen LogP contribution in [0.3, 0.4) is 0 Å². The SMILES string of the molecule is O=C(O)/N=C(\NCc1ccccc1)SCC(=O)C(F)(F)F. The monoisotopic (exact) mass is 320 g/mol. The third-order valence-electron chi connectivity index (χ3n) is 2.14. The van der Waals surface area contributed by atoms with Gasteiger partial charge in [0.1, 0.15) is 0 Å². The summed E-state index contributed by atoms with van der Waals surface area (Å²) >= 11 is 0.393. The van der Waals surface area contributed by atoms with E-state index in [0.717, 1.165) is 5.56 Å². The highest BCUT2D eigenvalue weighted by Gasteiger charge is 2.37. The molecule has 2 N–H and O–H groups in total. The summed E-state index contributed by atoms with van der Waals surface area (Å²) in [6.45, 7) is 0.181. The quantitative estimate of drug-likeness (QED) is 0.659.